The molecule has 0 aliphatic carbocycles. The van der Waals surface area contributed by atoms with Crippen LogP contribution in [0.1, 0.15) is 26.2 Å². The fourth-order valence-corrected chi connectivity index (χ4v) is 0.632. The zero-order chi connectivity index (χ0) is 11.6. The highest BCUT2D eigenvalue weighted by Crippen LogP contribution is 1.96. The lowest BCUT2D eigenvalue weighted by Crippen LogP contribution is -2.29. The summed E-state index contributed by atoms with van der Waals surface area (Å²) in [5.41, 5.74) is 10.4. The number of hydrogen-bond acceptors (Lipinski definition) is 4. The van der Waals surface area contributed by atoms with E-state index in [1.54, 1.807) is 0 Å². The van der Waals surface area contributed by atoms with Gasteiger partial charge < -0.3 is 16.6 Å². The standard InChI is InChI=1S/C6H14N2O2.C2H3BrO/c7-4-2-1-3-5(8)6(9)10;1-2(3)4/h5H,1-4,7-8H2,(H,9,10);1H3. The highest BCUT2D eigenvalue weighted by Gasteiger charge is 2.09. The number of carboxylic acids is 1. The fourth-order valence-electron chi connectivity index (χ4n) is 0.632. The summed E-state index contributed by atoms with van der Waals surface area (Å²) in [4.78, 5) is 19.5. The monoisotopic (exact) mass is 268 g/mol. The number of hydrogen-bond donors (Lipinski definition) is 3. The minimum atomic E-state index is -0.933. The van der Waals surface area contributed by atoms with Gasteiger partial charge in [0.05, 0.1) is 0 Å². The minimum absolute atomic E-state index is 0.0208. The molecule has 0 aliphatic rings. The molecular weight excluding hydrogens is 252 g/mol. The maximum atomic E-state index is 10.1. The van der Waals surface area contributed by atoms with E-state index in [0.717, 1.165) is 12.8 Å². The summed E-state index contributed by atoms with van der Waals surface area (Å²) in [6.45, 7) is 2.05. The van der Waals surface area contributed by atoms with E-state index < -0.39 is 12.0 Å². The van der Waals surface area contributed by atoms with E-state index in [2.05, 4.69) is 15.9 Å². The molecule has 0 saturated carbocycles. The van der Waals surface area contributed by atoms with Crippen LogP contribution < -0.4 is 11.5 Å². The van der Waals surface area contributed by atoms with Gasteiger partial charge in [0.1, 0.15) is 6.04 Å². The van der Waals surface area contributed by atoms with Crippen LogP contribution in [0.15, 0.2) is 0 Å². The Morgan fingerprint density at radius 2 is 1.86 bits per heavy atom. The maximum absolute atomic E-state index is 10.1. The summed E-state index contributed by atoms with van der Waals surface area (Å²) >= 11 is 2.63. The van der Waals surface area contributed by atoms with Crippen LogP contribution >= 0.6 is 15.9 Å². The first-order chi connectivity index (χ1) is 6.41. The van der Waals surface area contributed by atoms with Gasteiger partial charge in [-0.1, -0.05) is 6.42 Å². The molecule has 0 fully saturated rings. The summed E-state index contributed by atoms with van der Waals surface area (Å²) in [6, 6.07) is -0.716. The van der Waals surface area contributed by atoms with E-state index in [1.807, 2.05) is 0 Å². The fraction of sp³-hybridized carbons (Fsp3) is 0.750. The molecule has 0 amide bonds. The van der Waals surface area contributed by atoms with E-state index in [0.29, 0.717) is 13.0 Å². The quantitative estimate of drug-likeness (QED) is 0.496. The highest BCUT2D eigenvalue weighted by molar-refractivity contribution is 9.18. The minimum Gasteiger partial charge on any atom is -0.480 e. The molecule has 0 heterocycles. The number of halogens is 1. The molecule has 5 nitrogen and oxygen atoms in total. The van der Waals surface area contributed by atoms with Gasteiger partial charge >= 0.3 is 5.97 Å². The van der Waals surface area contributed by atoms with Crippen LogP contribution in [0.2, 0.25) is 0 Å². The molecule has 0 radical (unpaired) electrons. The molecule has 5 N–H and O–H groups in total. The molecule has 84 valence electrons. The molecule has 0 aliphatic heterocycles. The first kappa shape index (κ1) is 16.0. The molecule has 0 bridgehead atoms. The van der Waals surface area contributed by atoms with Crippen molar-refractivity contribution in [1.29, 1.82) is 0 Å². The van der Waals surface area contributed by atoms with Crippen molar-refractivity contribution in [3.8, 4) is 0 Å². The number of rotatable bonds is 5. The number of carboxylic acid groups (broad SMARTS) is 1. The summed E-state index contributed by atoms with van der Waals surface area (Å²) < 4.78 is -0.0208. The molecule has 1 atom stereocenters. The SMILES string of the molecule is CC(=O)Br.NCCCCC(N)C(=O)O. The number of carbonyl (C=O) groups is 2. The Morgan fingerprint density at radius 3 is 2.14 bits per heavy atom. The Bertz CT molecular complexity index is 172. The molecule has 6 heteroatoms. The van der Waals surface area contributed by atoms with E-state index >= 15 is 0 Å². The Hall–Kier alpha value is -0.460. The normalized spacial score (nSPS) is 11.1. The van der Waals surface area contributed by atoms with Crippen LogP contribution in [0.25, 0.3) is 0 Å². The van der Waals surface area contributed by atoms with Gasteiger partial charge in [-0.2, -0.15) is 0 Å². The van der Waals surface area contributed by atoms with Gasteiger partial charge in [-0.25, -0.2) is 0 Å². The van der Waals surface area contributed by atoms with Gasteiger partial charge in [0.2, 0.25) is 0 Å². The molecule has 0 aromatic heterocycles. The largest absolute Gasteiger partial charge is 0.480 e. The summed E-state index contributed by atoms with van der Waals surface area (Å²) in [5.74, 6) is -0.933. The number of unbranched alkanes of at least 4 members (excludes halogenated alkanes) is 1. The van der Waals surface area contributed by atoms with Crippen molar-refractivity contribution in [2.24, 2.45) is 11.5 Å². The summed E-state index contributed by atoms with van der Waals surface area (Å²) in [7, 11) is 0. The van der Waals surface area contributed by atoms with E-state index in [1.165, 1.54) is 6.92 Å². The van der Waals surface area contributed by atoms with Crippen LogP contribution in [0, 0.1) is 0 Å². The van der Waals surface area contributed by atoms with E-state index in [4.69, 9.17) is 16.6 Å². The van der Waals surface area contributed by atoms with Gasteiger partial charge in [0.25, 0.3) is 0 Å². The summed E-state index contributed by atoms with van der Waals surface area (Å²) in [6.07, 6.45) is 2.16. The van der Waals surface area contributed by atoms with Gasteiger partial charge in [-0.05, 0) is 35.3 Å². The molecule has 0 spiro atoms. The smallest absolute Gasteiger partial charge is 0.320 e. The lowest BCUT2D eigenvalue weighted by molar-refractivity contribution is -0.138. The predicted octanol–water partition coefficient (Wildman–Crippen LogP) is 0.455. The number of aliphatic carboxylic acids is 1. The average molecular weight is 269 g/mol. The third kappa shape index (κ3) is 17.6. The van der Waals surface area contributed by atoms with Gasteiger partial charge in [0, 0.05) is 6.92 Å². The molecule has 0 rings (SSSR count). The molecular formula is C8H17BrN2O3. The maximum Gasteiger partial charge on any atom is 0.320 e. The van der Waals surface area contributed by atoms with Crippen molar-refractivity contribution in [3.63, 3.8) is 0 Å². The van der Waals surface area contributed by atoms with Crippen LogP contribution in [0.3, 0.4) is 0 Å². The van der Waals surface area contributed by atoms with Crippen LogP contribution in [-0.2, 0) is 9.59 Å². The Labute approximate surface area is 92.0 Å². The van der Waals surface area contributed by atoms with Crippen molar-refractivity contribution in [1.82, 2.24) is 0 Å². The topological polar surface area (TPSA) is 106 Å². The second kappa shape index (κ2) is 10.6. The molecule has 0 saturated heterocycles. The summed E-state index contributed by atoms with van der Waals surface area (Å²) in [5, 5.41) is 8.33. The van der Waals surface area contributed by atoms with Crippen LogP contribution in [-0.4, -0.2) is 28.4 Å². The molecule has 0 aromatic rings. The first-order valence-electron chi connectivity index (χ1n) is 4.26. The molecule has 1 unspecified atom stereocenters. The zero-order valence-corrected chi connectivity index (χ0v) is 9.79. The lowest BCUT2D eigenvalue weighted by atomic mass is 10.1. The second-order valence-electron chi connectivity index (χ2n) is 2.70. The van der Waals surface area contributed by atoms with Crippen molar-refractivity contribution in [3.05, 3.63) is 0 Å². The van der Waals surface area contributed by atoms with Gasteiger partial charge in [-0.3, -0.25) is 9.59 Å². The van der Waals surface area contributed by atoms with E-state index in [9.17, 15) is 9.59 Å². The van der Waals surface area contributed by atoms with E-state index in [-0.39, 0.29) is 4.69 Å². The highest BCUT2D eigenvalue weighted by atomic mass is 79.9. The van der Waals surface area contributed by atoms with Crippen LogP contribution in [0.5, 0.6) is 0 Å². The first-order valence-corrected chi connectivity index (χ1v) is 5.05. The van der Waals surface area contributed by atoms with Gasteiger partial charge in [-0.15, -0.1) is 0 Å². The van der Waals surface area contributed by atoms with Gasteiger partial charge in [0.15, 0.2) is 4.69 Å². The van der Waals surface area contributed by atoms with Crippen molar-refractivity contribution < 1.29 is 14.7 Å². The molecule has 0 aromatic carbocycles. The number of carbonyl (C=O) groups excluding carboxylic acids is 1. The molecule has 14 heavy (non-hydrogen) atoms. The van der Waals surface area contributed by atoms with Crippen molar-refractivity contribution >= 4 is 26.6 Å². The third-order valence-electron chi connectivity index (χ3n) is 1.29. The van der Waals surface area contributed by atoms with Crippen molar-refractivity contribution in [2.45, 2.75) is 32.2 Å². The average Bonchev–Trinajstić information content (AvgIpc) is 2.03. The third-order valence-corrected chi connectivity index (χ3v) is 1.29. The number of nitrogens with two attached hydrogens (primary N) is 2. The van der Waals surface area contributed by atoms with Crippen LogP contribution in [0.4, 0.5) is 0 Å². The Morgan fingerprint density at radius 1 is 1.43 bits per heavy atom. The van der Waals surface area contributed by atoms with Crippen molar-refractivity contribution in [2.75, 3.05) is 6.54 Å². The predicted molar refractivity (Wildman–Crippen MR) is 58.1 cm³/mol. The lowest BCUT2D eigenvalue weighted by Gasteiger charge is -2.03. The zero-order valence-electron chi connectivity index (χ0n) is 8.20. The Balaban J connectivity index is 0. The second-order valence-corrected chi connectivity index (χ2v) is 3.82. The Kier molecular flexibility index (Phi) is 12.1.